The van der Waals surface area contributed by atoms with E-state index >= 15 is 0 Å². The molecule has 6 heteroatoms. The van der Waals surface area contributed by atoms with Gasteiger partial charge in [-0.25, -0.2) is 0 Å². The fourth-order valence-electron chi connectivity index (χ4n) is 1.38. The molecule has 1 aromatic rings. The first kappa shape index (κ1) is 16.4. The summed E-state index contributed by atoms with van der Waals surface area (Å²) in [5, 5.41) is 18.5. The van der Waals surface area contributed by atoms with E-state index in [0.717, 1.165) is 11.8 Å². The lowest BCUT2D eigenvalue weighted by Crippen LogP contribution is -2.25. The summed E-state index contributed by atoms with van der Waals surface area (Å²) >= 11 is 1.15. The first-order valence-electron chi connectivity index (χ1n) is 6.04. The Morgan fingerprint density at radius 2 is 1.80 bits per heavy atom. The van der Waals surface area contributed by atoms with E-state index in [1.807, 2.05) is 0 Å². The van der Waals surface area contributed by atoms with Gasteiger partial charge in [0.15, 0.2) is 17.3 Å². The van der Waals surface area contributed by atoms with Gasteiger partial charge in [-0.15, -0.1) is 11.8 Å². The number of carbonyl (C=O) groups is 2. The number of hydrogen-bond acceptors (Lipinski definition) is 6. The molecule has 1 rings (SSSR count). The monoisotopic (exact) mass is 298 g/mol. The van der Waals surface area contributed by atoms with Crippen LogP contribution in [0.3, 0.4) is 0 Å². The third kappa shape index (κ3) is 5.52. The van der Waals surface area contributed by atoms with Crippen LogP contribution in [0.15, 0.2) is 18.2 Å². The highest BCUT2D eigenvalue weighted by Crippen LogP contribution is 2.25. The number of thioether (sulfide) groups is 1. The maximum Gasteiger partial charge on any atom is 0.316 e. The van der Waals surface area contributed by atoms with Crippen LogP contribution in [0.1, 0.15) is 31.1 Å². The summed E-state index contributed by atoms with van der Waals surface area (Å²) in [5.41, 5.74) is -0.248. The van der Waals surface area contributed by atoms with Crippen molar-refractivity contribution in [1.82, 2.24) is 0 Å². The number of carbonyl (C=O) groups excluding carboxylic acids is 2. The quantitative estimate of drug-likeness (QED) is 0.493. The first-order valence-corrected chi connectivity index (χ1v) is 7.19. The molecule has 0 aromatic heterocycles. The van der Waals surface area contributed by atoms with E-state index in [1.165, 1.54) is 18.2 Å². The predicted molar refractivity (Wildman–Crippen MR) is 77.3 cm³/mol. The van der Waals surface area contributed by atoms with Crippen LogP contribution in [0, 0.1) is 0 Å². The van der Waals surface area contributed by atoms with E-state index in [0.29, 0.717) is 0 Å². The summed E-state index contributed by atoms with van der Waals surface area (Å²) in [6.07, 6.45) is 0. The van der Waals surface area contributed by atoms with E-state index < -0.39 is 5.60 Å². The third-order valence-corrected chi connectivity index (χ3v) is 3.08. The SMILES string of the molecule is CC(C)(C)OC(=O)CSCC(=O)c1ccc(O)c(O)c1. The van der Waals surface area contributed by atoms with Gasteiger partial charge in [-0.05, 0) is 39.0 Å². The average Bonchev–Trinajstić information content (AvgIpc) is 2.30. The Bertz CT molecular complexity index is 505. The molecule has 0 heterocycles. The van der Waals surface area contributed by atoms with Crippen LogP contribution >= 0.6 is 11.8 Å². The van der Waals surface area contributed by atoms with Crippen molar-refractivity contribution in [3.63, 3.8) is 0 Å². The van der Waals surface area contributed by atoms with Crippen molar-refractivity contribution in [3.8, 4) is 11.5 Å². The standard InChI is InChI=1S/C14H18O5S/c1-14(2,3)19-13(18)8-20-7-12(17)9-4-5-10(15)11(16)6-9/h4-6,15-16H,7-8H2,1-3H3. The van der Waals surface area contributed by atoms with Crippen LogP contribution in [-0.4, -0.2) is 39.1 Å². The third-order valence-electron chi connectivity index (χ3n) is 2.17. The number of esters is 1. The van der Waals surface area contributed by atoms with Gasteiger partial charge in [0, 0.05) is 5.56 Å². The van der Waals surface area contributed by atoms with Gasteiger partial charge in [0.05, 0.1) is 11.5 Å². The lowest BCUT2D eigenvalue weighted by Gasteiger charge is -2.19. The van der Waals surface area contributed by atoms with Crippen LogP contribution < -0.4 is 0 Å². The fraction of sp³-hybridized carbons (Fsp3) is 0.429. The van der Waals surface area contributed by atoms with Gasteiger partial charge < -0.3 is 14.9 Å². The van der Waals surface area contributed by atoms with Crippen molar-refractivity contribution in [2.24, 2.45) is 0 Å². The van der Waals surface area contributed by atoms with Crippen LogP contribution in [0.2, 0.25) is 0 Å². The molecule has 2 N–H and O–H groups in total. The summed E-state index contributed by atoms with van der Waals surface area (Å²) in [6.45, 7) is 5.33. The van der Waals surface area contributed by atoms with Gasteiger partial charge >= 0.3 is 5.97 Å². The molecule has 0 aliphatic carbocycles. The van der Waals surface area contributed by atoms with Crippen molar-refractivity contribution in [2.45, 2.75) is 26.4 Å². The number of benzene rings is 1. The minimum atomic E-state index is -0.537. The number of rotatable bonds is 5. The molecular formula is C14H18O5S. The molecule has 20 heavy (non-hydrogen) atoms. The molecule has 0 saturated carbocycles. The Morgan fingerprint density at radius 3 is 2.35 bits per heavy atom. The Hall–Kier alpha value is -1.69. The molecule has 0 radical (unpaired) electrons. The molecule has 1 aromatic carbocycles. The molecule has 0 atom stereocenters. The number of hydrogen-bond donors (Lipinski definition) is 2. The van der Waals surface area contributed by atoms with Crippen molar-refractivity contribution < 1.29 is 24.5 Å². The second-order valence-corrected chi connectivity index (χ2v) is 6.19. The Labute approximate surface area is 121 Å². The minimum Gasteiger partial charge on any atom is -0.504 e. The molecule has 110 valence electrons. The van der Waals surface area contributed by atoms with Gasteiger partial charge in [-0.1, -0.05) is 0 Å². The van der Waals surface area contributed by atoms with E-state index in [-0.39, 0.29) is 40.3 Å². The smallest absolute Gasteiger partial charge is 0.316 e. The van der Waals surface area contributed by atoms with Crippen molar-refractivity contribution in [2.75, 3.05) is 11.5 Å². The summed E-state index contributed by atoms with van der Waals surface area (Å²) in [4.78, 5) is 23.3. The van der Waals surface area contributed by atoms with Gasteiger partial charge in [-0.3, -0.25) is 9.59 Å². The molecular weight excluding hydrogens is 280 g/mol. The van der Waals surface area contributed by atoms with E-state index in [2.05, 4.69) is 0 Å². The number of phenolic OH excluding ortho intramolecular Hbond substituents is 2. The molecule has 0 amide bonds. The Balaban J connectivity index is 2.44. The van der Waals surface area contributed by atoms with Gasteiger partial charge in [0.1, 0.15) is 5.60 Å². The molecule has 0 fully saturated rings. The molecule has 0 aliphatic rings. The highest BCUT2D eigenvalue weighted by atomic mass is 32.2. The predicted octanol–water partition coefficient (Wildman–Crippen LogP) is 2.36. The van der Waals surface area contributed by atoms with E-state index in [1.54, 1.807) is 20.8 Å². The maximum absolute atomic E-state index is 11.8. The molecule has 0 bridgehead atoms. The number of ketones is 1. The zero-order chi connectivity index (χ0) is 15.3. The lowest BCUT2D eigenvalue weighted by molar-refractivity contribution is -0.151. The molecule has 0 aliphatic heterocycles. The largest absolute Gasteiger partial charge is 0.504 e. The second-order valence-electron chi connectivity index (χ2n) is 5.21. The van der Waals surface area contributed by atoms with Crippen LogP contribution in [0.4, 0.5) is 0 Å². The number of aromatic hydroxyl groups is 2. The summed E-state index contributed by atoms with van der Waals surface area (Å²) in [5.74, 6) is -1.02. The minimum absolute atomic E-state index is 0.0904. The topological polar surface area (TPSA) is 83.8 Å². The van der Waals surface area contributed by atoms with Crippen LogP contribution in [0.25, 0.3) is 0 Å². The van der Waals surface area contributed by atoms with Gasteiger partial charge in [-0.2, -0.15) is 0 Å². The van der Waals surface area contributed by atoms with E-state index in [9.17, 15) is 14.7 Å². The van der Waals surface area contributed by atoms with Gasteiger partial charge in [0.2, 0.25) is 0 Å². The molecule has 0 unspecified atom stereocenters. The van der Waals surface area contributed by atoms with E-state index in [4.69, 9.17) is 9.84 Å². The molecule has 0 saturated heterocycles. The summed E-state index contributed by atoms with van der Waals surface area (Å²) < 4.78 is 5.12. The fourth-order valence-corrected chi connectivity index (χ4v) is 2.06. The number of Topliss-reactive ketones (excluding diaryl/α,β-unsaturated/α-hetero) is 1. The number of phenols is 2. The first-order chi connectivity index (χ1) is 9.19. The van der Waals surface area contributed by atoms with Crippen molar-refractivity contribution >= 4 is 23.5 Å². The summed E-state index contributed by atoms with van der Waals surface area (Å²) in [6, 6.07) is 3.87. The normalized spacial score (nSPS) is 11.2. The van der Waals surface area contributed by atoms with Crippen molar-refractivity contribution in [3.05, 3.63) is 23.8 Å². The Kier molecular flexibility index (Phi) is 5.44. The van der Waals surface area contributed by atoms with Crippen LogP contribution in [-0.2, 0) is 9.53 Å². The molecule has 0 spiro atoms. The van der Waals surface area contributed by atoms with Crippen molar-refractivity contribution in [1.29, 1.82) is 0 Å². The Morgan fingerprint density at radius 1 is 1.15 bits per heavy atom. The average molecular weight is 298 g/mol. The highest BCUT2D eigenvalue weighted by Gasteiger charge is 2.17. The zero-order valence-corrected chi connectivity index (χ0v) is 12.5. The second kappa shape index (κ2) is 6.65. The lowest BCUT2D eigenvalue weighted by atomic mass is 10.1. The van der Waals surface area contributed by atoms with Gasteiger partial charge in [0.25, 0.3) is 0 Å². The van der Waals surface area contributed by atoms with Crippen LogP contribution in [0.5, 0.6) is 11.5 Å². The molecule has 5 nitrogen and oxygen atoms in total. The highest BCUT2D eigenvalue weighted by molar-refractivity contribution is 8.00. The number of ether oxygens (including phenoxy) is 1. The zero-order valence-electron chi connectivity index (χ0n) is 11.7. The maximum atomic E-state index is 11.8. The summed E-state index contributed by atoms with van der Waals surface area (Å²) in [7, 11) is 0.